The Kier molecular flexibility index (Phi) is 4.30. The molecule has 2 rings (SSSR count). The van der Waals surface area contributed by atoms with Crippen molar-refractivity contribution in [1.82, 2.24) is 10.3 Å². The molecule has 1 aromatic heterocycles. The molecule has 19 heavy (non-hydrogen) atoms. The van der Waals surface area contributed by atoms with Crippen LogP contribution in [0, 0.1) is 6.92 Å². The van der Waals surface area contributed by atoms with Crippen molar-refractivity contribution in [1.29, 1.82) is 0 Å². The normalized spacial score (nSPS) is 12.4. The zero-order valence-corrected chi connectivity index (χ0v) is 12.3. The topological polar surface area (TPSA) is 50.9 Å². The molecule has 0 aliphatic carbocycles. The third-order valence-electron chi connectivity index (χ3n) is 2.96. The minimum atomic E-state index is -0.0674. The number of rotatable bonds is 3. The standard InChI is InChI=1S/C14H15Cl2N3/c1-8-5-10(14(17)19-7-8)13(18-2)9-3-4-11(15)12(16)6-9/h3-7,13,18H,1-2H3,(H2,17,19). The van der Waals surface area contributed by atoms with E-state index in [2.05, 4.69) is 10.3 Å². The summed E-state index contributed by atoms with van der Waals surface area (Å²) in [5, 5.41) is 4.29. The zero-order chi connectivity index (χ0) is 14.0. The quantitative estimate of drug-likeness (QED) is 0.910. The van der Waals surface area contributed by atoms with Crippen LogP contribution >= 0.6 is 23.2 Å². The molecule has 5 heteroatoms. The lowest BCUT2D eigenvalue weighted by Gasteiger charge is -2.19. The number of nitrogens with two attached hydrogens (primary N) is 1. The second-order valence-corrected chi connectivity index (χ2v) is 5.20. The van der Waals surface area contributed by atoms with Gasteiger partial charge in [0.2, 0.25) is 0 Å². The minimum absolute atomic E-state index is 0.0674. The first-order chi connectivity index (χ1) is 9.02. The molecule has 3 N–H and O–H groups in total. The van der Waals surface area contributed by atoms with E-state index in [-0.39, 0.29) is 6.04 Å². The van der Waals surface area contributed by atoms with Crippen molar-refractivity contribution in [2.45, 2.75) is 13.0 Å². The third kappa shape index (κ3) is 3.00. The van der Waals surface area contributed by atoms with E-state index in [0.29, 0.717) is 15.9 Å². The molecular formula is C14H15Cl2N3. The van der Waals surface area contributed by atoms with Crippen molar-refractivity contribution < 1.29 is 0 Å². The summed E-state index contributed by atoms with van der Waals surface area (Å²) in [5.74, 6) is 0.510. The van der Waals surface area contributed by atoms with Crippen molar-refractivity contribution in [2.75, 3.05) is 12.8 Å². The number of nitrogens with zero attached hydrogens (tertiary/aromatic N) is 1. The van der Waals surface area contributed by atoms with Crippen molar-refractivity contribution in [3.05, 3.63) is 57.2 Å². The van der Waals surface area contributed by atoms with Crippen LogP contribution < -0.4 is 11.1 Å². The van der Waals surface area contributed by atoms with E-state index in [1.807, 2.05) is 32.2 Å². The number of nitrogens with one attached hydrogen (secondary N) is 1. The lowest BCUT2D eigenvalue weighted by Crippen LogP contribution is -2.19. The number of pyridine rings is 1. The van der Waals surface area contributed by atoms with Gasteiger partial charge in [0.15, 0.2) is 0 Å². The maximum Gasteiger partial charge on any atom is 0.128 e. The van der Waals surface area contributed by atoms with E-state index >= 15 is 0 Å². The molecule has 1 heterocycles. The number of halogens is 2. The molecule has 0 saturated heterocycles. The maximum atomic E-state index is 6.07. The van der Waals surface area contributed by atoms with E-state index in [1.54, 1.807) is 12.3 Å². The fourth-order valence-corrected chi connectivity index (χ4v) is 2.33. The first-order valence-electron chi connectivity index (χ1n) is 5.87. The van der Waals surface area contributed by atoms with Gasteiger partial charge < -0.3 is 11.1 Å². The summed E-state index contributed by atoms with van der Waals surface area (Å²) in [4.78, 5) is 4.19. The molecule has 2 aromatic rings. The van der Waals surface area contributed by atoms with Crippen LogP contribution in [0.1, 0.15) is 22.7 Å². The van der Waals surface area contributed by atoms with Gasteiger partial charge in [0, 0.05) is 11.8 Å². The summed E-state index contributed by atoms with van der Waals surface area (Å²) in [6, 6.07) is 7.50. The van der Waals surface area contributed by atoms with Crippen LogP contribution in [0.4, 0.5) is 5.82 Å². The van der Waals surface area contributed by atoms with Crippen molar-refractivity contribution in [2.24, 2.45) is 0 Å². The van der Waals surface area contributed by atoms with E-state index in [0.717, 1.165) is 16.7 Å². The highest BCUT2D eigenvalue weighted by Gasteiger charge is 2.16. The average Bonchev–Trinajstić information content (AvgIpc) is 2.38. The summed E-state index contributed by atoms with van der Waals surface area (Å²) >= 11 is 12.0. The molecule has 3 nitrogen and oxygen atoms in total. The number of aromatic nitrogens is 1. The largest absolute Gasteiger partial charge is 0.383 e. The molecule has 0 saturated carbocycles. The Morgan fingerprint density at radius 2 is 1.95 bits per heavy atom. The summed E-state index contributed by atoms with van der Waals surface area (Å²) in [6.07, 6.45) is 1.75. The van der Waals surface area contributed by atoms with Crippen LogP contribution in [0.25, 0.3) is 0 Å². The Morgan fingerprint density at radius 3 is 2.58 bits per heavy atom. The Bertz CT molecular complexity index is 599. The van der Waals surface area contributed by atoms with Gasteiger partial charge in [-0.3, -0.25) is 0 Å². The number of nitrogen functional groups attached to an aromatic ring is 1. The number of hydrogen-bond acceptors (Lipinski definition) is 3. The van der Waals surface area contributed by atoms with Crippen molar-refractivity contribution >= 4 is 29.0 Å². The molecule has 0 aliphatic rings. The molecule has 100 valence electrons. The molecule has 0 aliphatic heterocycles. The maximum absolute atomic E-state index is 6.07. The van der Waals surface area contributed by atoms with Crippen molar-refractivity contribution in [3.63, 3.8) is 0 Å². The van der Waals surface area contributed by atoms with Gasteiger partial charge in [-0.1, -0.05) is 29.3 Å². The lowest BCUT2D eigenvalue weighted by molar-refractivity contribution is 0.690. The van der Waals surface area contributed by atoms with Gasteiger partial charge >= 0.3 is 0 Å². The van der Waals surface area contributed by atoms with Gasteiger partial charge in [-0.25, -0.2) is 4.98 Å². The fraction of sp³-hybridized carbons (Fsp3) is 0.214. The number of anilines is 1. The van der Waals surface area contributed by atoms with E-state index < -0.39 is 0 Å². The first-order valence-corrected chi connectivity index (χ1v) is 6.62. The summed E-state index contributed by atoms with van der Waals surface area (Å²) < 4.78 is 0. The fourth-order valence-electron chi connectivity index (χ4n) is 2.03. The highest BCUT2D eigenvalue weighted by Crippen LogP contribution is 2.30. The summed E-state index contributed by atoms with van der Waals surface area (Å²) in [5.41, 5.74) is 8.95. The lowest BCUT2D eigenvalue weighted by atomic mass is 9.98. The smallest absolute Gasteiger partial charge is 0.128 e. The Balaban J connectivity index is 2.49. The van der Waals surface area contributed by atoms with Gasteiger partial charge in [0.25, 0.3) is 0 Å². The van der Waals surface area contributed by atoms with Gasteiger partial charge in [-0.2, -0.15) is 0 Å². The molecule has 0 fully saturated rings. The van der Waals surface area contributed by atoms with Crippen molar-refractivity contribution in [3.8, 4) is 0 Å². The summed E-state index contributed by atoms with van der Waals surface area (Å²) in [6.45, 7) is 1.98. The third-order valence-corrected chi connectivity index (χ3v) is 3.70. The van der Waals surface area contributed by atoms with Crippen LogP contribution in [0.3, 0.4) is 0 Å². The Morgan fingerprint density at radius 1 is 1.21 bits per heavy atom. The molecule has 1 atom stereocenters. The Labute approximate surface area is 122 Å². The number of hydrogen-bond donors (Lipinski definition) is 2. The van der Waals surface area contributed by atoms with Gasteiger partial charge in [0.05, 0.1) is 16.1 Å². The van der Waals surface area contributed by atoms with Crippen LogP contribution in [0.5, 0.6) is 0 Å². The molecular weight excluding hydrogens is 281 g/mol. The monoisotopic (exact) mass is 295 g/mol. The molecule has 0 amide bonds. The van der Waals surface area contributed by atoms with Gasteiger partial charge in [-0.05, 0) is 43.3 Å². The SMILES string of the molecule is CNC(c1ccc(Cl)c(Cl)c1)c1cc(C)cnc1N. The van der Waals surface area contributed by atoms with E-state index in [9.17, 15) is 0 Å². The average molecular weight is 296 g/mol. The highest BCUT2D eigenvalue weighted by molar-refractivity contribution is 6.42. The van der Waals surface area contributed by atoms with Crippen LogP contribution in [-0.4, -0.2) is 12.0 Å². The highest BCUT2D eigenvalue weighted by atomic mass is 35.5. The molecule has 0 radical (unpaired) electrons. The molecule has 1 unspecified atom stereocenters. The Hall–Kier alpha value is -1.29. The van der Waals surface area contributed by atoms with Crippen LogP contribution in [0.15, 0.2) is 30.5 Å². The molecule has 0 spiro atoms. The molecule has 0 bridgehead atoms. The minimum Gasteiger partial charge on any atom is -0.383 e. The zero-order valence-electron chi connectivity index (χ0n) is 10.7. The molecule has 1 aromatic carbocycles. The van der Waals surface area contributed by atoms with E-state index in [1.165, 1.54) is 0 Å². The number of benzene rings is 1. The number of aryl methyl sites for hydroxylation is 1. The predicted molar refractivity (Wildman–Crippen MR) is 80.8 cm³/mol. The predicted octanol–water partition coefficient (Wildman–Crippen LogP) is 3.59. The van der Waals surface area contributed by atoms with Gasteiger partial charge in [0.1, 0.15) is 5.82 Å². The second kappa shape index (κ2) is 5.78. The van der Waals surface area contributed by atoms with Gasteiger partial charge in [-0.15, -0.1) is 0 Å². The van der Waals surface area contributed by atoms with E-state index in [4.69, 9.17) is 28.9 Å². The van der Waals surface area contributed by atoms with Crippen LogP contribution in [0.2, 0.25) is 10.0 Å². The second-order valence-electron chi connectivity index (χ2n) is 4.38. The summed E-state index contributed by atoms with van der Waals surface area (Å²) in [7, 11) is 1.87. The first kappa shape index (κ1) is 14.1. The van der Waals surface area contributed by atoms with Crippen LogP contribution in [-0.2, 0) is 0 Å².